The number of methoxy groups -OCH3 is 2. The SMILES string of the molecule is COc1cc2cc(c1Cl)N(C)CC[C@H](OC(=O)[C@H](C)N(C)C(=O)CCOCCOCCNC(=O)[C@H](CCC(=O)O)NC(=O)CCn1c(CN(C)N(C)C(=O)OCC3c4ccccc4-c4ccccc43)cc3ccccc31)[C@]1(C)OC1[C@H](C)[C@@H]1C[C@@](O)(NC(=O)O1)[C@H](OC)/C=C/C=C(\C)C2. The normalized spacial score (nSPS) is 22.8. The summed E-state index contributed by atoms with van der Waals surface area (Å²) in [5.74, 6) is -3.39. The Morgan fingerprint density at radius 2 is 1.59 bits per heavy atom. The molecule has 26 heteroatoms. The van der Waals surface area contributed by atoms with E-state index >= 15 is 0 Å². The molecule has 9 atom stereocenters. The Morgan fingerprint density at radius 3 is 2.28 bits per heavy atom. The lowest BCUT2D eigenvalue weighted by Gasteiger charge is -2.42. The van der Waals surface area contributed by atoms with Crippen molar-refractivity contribution in [1.29, 1.82) is 0 Å². The molecule has 3 aliphatic heterocycles. The number of nitrogens with zero attached hydrogens (tertiary/aromatic N) is 5. The van der Waals surface area contributed by atoms with E-state index in [0.29, 0.717) is 29.4 Å². The predicted octanol–water partition coefficient (Wildman–Crippen LogP) is 8.15. The van der Waals surface area contributed by atoms with E-state index in [1.54, 1.807) is 45.3 Å². The van der Waals surface area contributed by atoms with Crippen LogP contribution in [-0.2, 0) is 76.6 Å². The number of alkyl carbamates (subject to hydrolysis) is 1. The van der Waals surface area contributed by atoms with Gasteiger partial charge in [-0.15, -0.1) is 0 Å². The molecule has 4 bridgehead atoms. The summed E-state index contributed by atoms with van der Waals surface area (Å²) >= 11 is 6.93. The van der Waals surface area contributed by atoms with Crippen LogP contribution in [0, 0.1) is 5.92 Å². The van der Waals surface area contributed by atoms with Gasteiger partial charge in [0.2, 0.25) is 17.7 Å². The first-order chi connectivity index (χ1) is 47.3. The molecule has 5 amide bonds. The number of halogens is 1. The molecule has 0 spiro atoms. The zero-order valence-corrected chi connectivity index (χ0v) is 58.7. The van der Waals surface area contributed by atoms with Crippen molar-refractivity contribution < 1.29 is 81.7 Å². The number of anilines is 1. The highest BCUT2D eigenvalue weighted by molar-refractivity contribution is 6.34. The van der Waals surface area contributed by atoms with Gasteiger partial charge >= 0.3 is 24.1 Å². The number of para-hydroxylation sites is 1. The number of ether oxygens (including phenoxy) is 8. The Hall–Kier alpha value is -8.56. The second-order valence-corrected chi connectivity index (χ2v) is 26.4. The van der Waals surface area contributed by atoms with Crippen molar-refractivity contribution >= 4 is 70.0 Å². The number of aromatic nitrogens is 1. The van der Waals surface area contributed by atoms with Gasteiger partial charge in [0.1, 0.15) is 53.4 Å². The molecular weight excluding hydrogens is 1300 g/mol. The van der Waals surface area contributed by atoms with Gasteiger partial charge in [0.25, 0.3) is 0 Å². The van der Waals surface area contributed by atoms with E-state index in [1.165, 1.54) is 24.1 Å². The fourth-order valence-corrected chi connectivity index (χ4v) is 13.6. The molecule has 1 aliphatic carbocycles. The maximum Gasteiger partial charge on any atom is 0.424 e. The van der Waals surface area contributed by atoms with Gasteiger partial charge in [-0.25, -0.2) is 24.4 Å². The number of carboxylic acids is 1. The minimum Gasteiger partial charge on any atom is -0.495 e. The minimum absolute atomic E-state index is 0.00144. The van der Waals surface area contributed by atoms with Crippen molar-refractivity contribution in [2.24, 2.45) is 5.92 Å². The maximum absolute atomic E-state index is 14.2. The number of aliphatic carboxylic acids is 1. The fourth-order valence-electron chi connectivity index (χ4n) is 13.2. The second kappa shape index (κ2) is 33.5. The van der Waals surface area contributed by atoms with Crippen molar-refractivity contribution in [3.05, 3.63) is 142 Å². The number of epoxide rings is 1. The number of likely N-dealkylation sites (N-methyl/N-ethyl adjacent to an activating group) is 1. The molecule has 4 aliphatic rings. The molecule has 1 unspecified atom stereocenters. The molecule has 4 heterocycles. The molecule has 2 fully saturated rings. The fraction of sp³-hybridized carbons (Fsp3) is 0.493. The average molecular weight is 1390 g/mol. The van der Waals surface area contributed by atoms with Gasteiger partial charge in [-0.05, 0) is 91.1 Å². The first-order valence-electron chi connectivity index (χ1n) is 33.4. The lowest BCUT2D eigenvalue weighted by molar-refractivity contribution is -0.161. The highest BCUT2D eigenvalue weighted by Gasteiger charge is 2.64. The summed E-state index contributed by atoms with van der Waals surface area (Å²) in [5, 5.41) is 33.9. The Morgan fingerprint density at radius 1 is 0.899 bits per heavy atom. The first-order valence-corrected chi connectivity index (χ1v) is 33.8. The van der Waals surface area contributed by atoms with Crippen molar-refractivity contribution in [2.75, 3.05) is 93.4 Å². The average Bonchev–Trinajstić information content (AvgIpc) is 1.58. The van der Waals surface area contributed by atoms with Crippen LogP contribution in [0.1, 0.15) is 94.5 Å². The number of aliphatic hydroxyl groups is 1. The number of rotatable bonds is 27. The van der Waals surface area contributed by atoms with Crippen LogP contribution in [0.3, 0.4) is 0 Å². The number of carbonyl (C=O) groups is 7. The highest BCUT2D eigenvalue weighted by atomic mass is 35.5. The molecule has 5 aromatic rings. The van der Waals surface area contributed by atoms with Gasteiger partial charge in [0.05, 0.1) is 58.3 Å². The number of amides is 5. The van der Waals surface area contributed by atoms with Crippen LogP contribution < -0.4 is 25.6 Å². The molecular formula is C73H93ClN8O17. The largest absolute Gasteiger partial charge is 0.495 e. The van der Waals surface area contributed by atoms with E-state index in [0.717, 1.165) is 50.0 Å². The van der Waals surface area contributed by atoms with E-state index in [2.05, 4.69) is 40.2 Å². The summed E-state index contributed by atoms with van der Waals surface area (Å²) in [4.78, 5) is 96.3. The zero-order chi connectivity index (χ0) is 71.3. The number of fused-ring (bicyclic) bond motifs is 9. The molecule has 2 saturated heterocycles. The van der Waals surface area contributed by atoms with E-state index < -0.39 is 95.6 Å². The molecule has 4 aromatic carbocycles. The molecule has 5 N–H and O–H groups in total. The predicted molar refractivity (Wildman–Crippen MR) is 370 cm³/mol. The molecule has 1 aromatic heterocycles. The van der Waals surface area contributed by atoms with Crippen LogP contribution in [-0.4, -0.2) is 208 Å². The van der Waals surface area contributed by atoms with Gasteiger partial charge in [0.15, 0.2) is 5.72 Å². The van der Waals surface area contributed by atoms with Crippen molar-refractivity contribution in [3.8, 4) is 16.9 Å². The number of hydrazine groups is 1. The smallest absolute Gasteiger partial charge is 0.424 e. The van der Waals surface area contributed by atoms with Crippen LogP contribution >= 0.6 is 11.6 Å². The number of aryl methyl sites for hydroxylation is 1. The quantitative estimate of drug-likeness (QED) is 0.0109. The van der Waals surface area contributed by atoms with E-state index in [4.69, 9.17) is 49.5 Å². The van der Waals surface area contributed by atoms with Crippen LogP contribution in [0.2, 0.25) is 5.02 Å². The molecule has 99 heavy (non-hydrogen) atoms. The highest BCUT2D eigenvalue weighted by Crippen LogP contribution is 2.50. The van der Waals surface area contributed by atoms with Crippen LogP contribution in [0.15, 0.2) is 115 Å². The van der Waals surface area contributed by atoms with Crippen LogP contribution in [0.4, 0.5) is 15.3 Å². The summed E-state index contributed by atoms with van der Waals surface area (Å²) in [7, 11) is 9.77. The third-order valence-electron chi connectivity index (χ3n) is 19.2. The van der Waals surface area contributed by atoms with Gasteiger partial charge in [0, 0.05) is 104 Å². The summed E-state index contributed by atoms with van der Waals surface area (Å²) in [6, 6.07) is 27.6. The monoisotopic (exact) mass is 1390 g/mol. The van der Waals surface area contributed by atoms with Crippen molar-refractivity contribution in [2.45, 2.75) is 139 Å². The Balaban J connectivity index is 0.719. The van der Waals surface area contributed by atoms with Gasteiger partial charge in [-0.1, -0.05) is 109 Å². The van der Waals surface area contributed by atoms with Crippen LogP contribution in [0.25, 0.3) is 22.0 Å². The third kappa shape index (κ3) is 18.3. The number of esters is 1. The van der Waals surface area contributed by atoms with Gasteiger partial charge in [-0.3, -0.25) is 24.5 Å². The number of carboxylic acid groups (broad SMARTS) is 1. The number of nitrogens with one attached hydrogen (secondary N) is 3. The topological polar surface area (TPSA) is 291 Å². The standard InChI is InChI=1S/C73H93ClN8O17/c1-45-18-17-25-62(93-10)73(91)42-60(97-70(89)77-73)46(2)67-72(4,99-67)61(28-32-78(5)58-39-48(38-45)40-59(92-9)66(58)74)98-69(88)47(3)80(7)64(84)30-34-94-36-37-95-35-31-75-68(87)56(26-27-65(85)86)76-63(83)29-33-82-50(41-49-19-11-16-24-57(49)82)43-79(6)81(8)71(90)96-44-55-53-22-14-12-20-51(53)52-21-13-15-23-54(52)55/h11-25,39-41,46-47,55-56,60-62,67,91H,26-38,42-44H2,1-10H3,(H,75,87)(H,76,83)(H,77,89)(H,85,86)/b25-17+,45-18+/t46-,47+,56+,60+,61+,62-,67?,72+,73+/m1/s1. The molecule has 25 nitrogen and oxygen atoms in total. The third-order valence-corrected chi connectivity index (χ3v) is 19.6. The lowest BCUT2D eigenvalue weighted by Crippen LogP contribution is -2.63. The van der Waals surface area contributed by atoms with Crippen molar-refractivity contribution in [1.82, 2.24) is 35.4 Å². The summed E-state index contributed by atoms with van der Waals surface area (Å²) in [6.45, 7) is 8.47. The molecule has 534 valence electrons. The van der Waals surface area contributed by atoms with Gasteiger partial charge in [-0.2, -0.15) is 0 Å². The maximum atomic E-state index is 14.2. The Bertz CT molecular complexity index is 3740. The van der Waals surface area contributed by atoms with E-state index in [-0.39, 0.29) is 97.1 Å². The summed E-state index contributed by atoms with van der Waals surface area (Å²) < 4.78 is 49.2. The molecule has 0 saturated carbocycles. The first kappa shape index (κ1) is 74.7. The Labute approximate surface area is 582 Å². The number of hydrogen-bond acceptors (Lipinski definition) is 18. The number of benzene rings is 4. The zero-order valence-electron chi connectivity index (χ0n) is 58.0. The van der Waals surface area contributed by atoms with Crippen LogP contribution in [0.5, 0.6) is 5.75 Å². The Kier molecular flexibility index (Phi) is 25.3. The van der Waals surface area contributed by atoms with Gasteiger partial charge < -0.3 is 73.1 Å². The number of carbonyl (C=O) groups excluding carboxylic acids is 6. The van der Waals surface area contributed by atoms with Crippen molar-refractivity contribution in [3.63, 3.8) is 0 Å². The van der Waals surface area contributed by atoms with E-state index in [9.17, 15) is 43.8 Å². The summed E-state index contributed by atoms with van der Waals surface area (Å²) in [5.41, 5.74) is 5.79. The number of allylic oxidation sites excluding steroid dienone is 3. The minimum atomic E-state index is -1.84. The lowest BCUT2D eigenvalue weighted by atomic mass is 9.83. The molecule has 0 radical (unpaired) electrons. The van der Waals surface area contributed by atoms with E-state index in [1.807, 2.05) is 110 Å². The summed E-state index contributed by atoms with van der Waals surface area (Å²) in [6.07, 6.45) is 0.804. The molecule has 9 rings (SSSR count). The number of hydrogen-bond donors (Lipinski definition) is 5. The second-order valence-electron chi connectivity index (χ2n) is 26.0.